The van der Waals surface area contributed by atoms with Gasteiger partial charge in [0.2, 0.25) is 5.91 Å². The highest BCUT2D eigenvalue weighted by molar-refractivity contribution is 6.13. The van der Waals surface area contributed by atoms with Crippen LogP contribution in [0, 0.1) is 12.8 Å². The van der Waals surface area contributed by atoms with E-state index in [1.807, 2.05) is 63.4 Å². The molecule has 0 saturated heterocycles. The van der Waals surface area contributed by atoms with Gasteiger partial charge in [0.1, 0.15) is 0 Å². The zero-order chi connectivity index (χ0) is 30.6. The minimum atomic E-state index is -1.73. The van der Waals surface area contributed by atoms with Gasteiger partial charge in [0, 0.05) is 47.3 Å². The number of H-pyrrole nitrogens is 1. The number of nitrogens with zero attached hydrogens (tertiary/aromatic N) is 1. The number of urea groups is 1. The summed E-state index contributed by atoms with van der Waals surface area (Å²) in [6, 6.07) is 21.3. The van der Waals surface area contributed by atoms with Crippen LogP contribution >= 0.6 is 0 Å². The van der Waals surface area contributed by atoms with E-state index in [9.17, 15) is 14.4 Å². The van der Waals surface area contributed by atoms with Crippen LogP contribution in [-0.4, -0.2) is 48.9 Å². The van der Waals surface area contributed by atoms with Gasteiger partial charge in [-0.3, -0.25) is 9.59 Å². The first kappa shape index (κ1) is 29.8. The number of hydrogen-bond acceptors (Lipinski definition) is 5. The zero-order valence-corrected chi connectivity index (χ0v) is 24.8. The van der Waals surface area contributed by atoms with Crippen molar-refractivity contribution in [2.45, 2.75) is 39.5 Å². The standard InChI is InChI=1S/C33H37N5O5/c1-5-42-29(43-6-2)20-38-28-10-8-7-9-26(28)33(31(38)40,37-32(41)36-24-13-11-21(3)12-14-24)22(4)30(39)35-25-15-16-27-23(19-25)17-18-34-27/h7-19,22,29,34H,5-6,20H2,1-4H3,(H,35,39)(H2,36,37,41). The van der Waals surface area contributed by atoms with Gasteiger partial charge in [0.05, 0.1) is 18.2 Å². The quantitative estimate of drug-likeness (QED) is 0.173. The molecule has 4 aromatic rings. The molecule has 2 atom stereocenters. The molecule has 1 aliphatic rings. The number of aryl methyl sites for hydroxylation is 1. The molecule has 1 aliphatic heterocycles. The average molecular weight is 584 g/mol. The van der Waals surface area contributed by atoms with Crippen LogP contribution < -0.4 is 20.9 Å². The first-order valence-electron chi connectivity index (χ1n) is 14.4. The van der Waals surface area contributed by atoms with E-state index >= 15 is 0 Å². The summed E-state index contributed by atoms with van der Waals surface area (Å²) in [5.74, 6) is -1.91. The number of hydrogen-bond donors (Lipinski definition) is 4. The maximum Gasteiger partial charge on any atom is 0.320 e. The predicted molar refractivity (Wildman–Crippen MR) is 167 cm³/mol. The summed E-state index contributed by atoms with van der Waals surface area (Å²) in [5, 5.41) is 9.65. The van der Waals surface area contributed by atoms with Gasteiger partial charge >= 0.3 is 6.03 Å². The summed E-state index contributed by atoms with van der Waals surface area (Å²) >= 11 is 0. The van der Waals surface area contributed by atoms with Gasteiger partial charge in [-0.2, -0.15) is 0 Å². The molecule has 0 spiro atoms. The minimum absolute atomic E-state index is 0.0824. The van der Waals surface area contributed by atoms with Crippen molar-refractivity contribution in [3.05, 3.63) is 90.1 Å². The average Bonchev–Trinajstić information content (AvgIpc) is 3.55. The molecule has 2 heterocycles. The predicted octanol–water partition coefficient (Wildman–Crippen LogP) is 5.51. The van der Waals surface area contributed by atoms with E-state index in [1.54, 1.807) is 43.3 Å². The smallest absolute Gasteiger partial charge is 0.320 e. The number of amides is 4. The Kier molecular flexibility index (Phi) is 8.79. The van der Waals surface area contributed by atoms with E-state index in [2.05, 4.69) is 20.9 Å². The van der Waals surface area contributed by atoms with Gasteiger partial charge < -0.3 is 35.3 Å². The summed E-state index contributed by atoms with van der Waals surface area (Å²) in [6.07, 6.45) is 1.13. The number of anilines is 3. The lowest BCUT2D eigenvalue weighted by atomic mass is 9.79. The van der Waals surface area contributed by atoms with Crippen LogP contribution in [0.5, 0.6) is 0 Å². The molecule has 10 heteroatoms. The van der Waals surface area contributed by atoms with Crippen molar-refractivity contribution in [3.63, 3.8) is 0 Å². The molecular weight excluding hydrogens is 546 g/mol. The third-order valence-corrected chi connectivity index (χ3v) is 7.72. The number of aromatic amines is 1. The van der Waals surface area contributed by atoms with E-state index in [-0.39, 0.29) is 6.54 Å². The molecule has 0 aliphatic carbocycles. The summed E-state index contributed by atoms with van der Waals surface area (Å²) in [6.45, 7) is 8.17. The number of nitrogens with one attached hydrogen (secondary N) is 4. The fourth-order valence-corrected chi connectivity index (χ4v) is 5.54. The van der Waals surface area contributed by atoms with Crippen LogP contribution in [-0.2, 0) is 24.6 Å². The van der Waals surface area contributed by atoms with Gasteiger partial charge in [-0.15, -0.1) is 0 Å². The monoisotopic (exact) mass is 583 g/mol. The number of benzene rings is 3. The highest BCUT2D eigenvalue weighted by atomic mass is 16.7. The summed E-state index contributed by atoms with van der Waals surface area (Å²) in [4.78, 5) is 46.8. The third-order valence-electron chi connectivity index (χ3n) is 7.72. The maximum atomic E-state index is 14.6. The van der Waals surface area contributed by atoms with Crippen LogP contribution in [0.4, 0.5) is 21.9 Å². The number of fused-ring (bicyclic) bond motifs is 2. The molecule has 5 rings (SSSR count). The largest absolute Gasteiger partial charge is 0.361 e. The molecule has 0 radical (unpaired) electrons. The Bertz CT molecular complexity index is 1610. The summed E-state index contributed by atoms with van der Waals surface area (Å²) in [5.41, 5.74) is 2.46. The minimum Gasteiger partial charge on any atom is -0.361 e. The van der Waals surface area contributed by atoms with E-state index in [0.717, 1.165) is 16.5 Å². The van der Waals surface area contributed by atoms with Crippen LogP contribution in [0.25, 0.3) is 10.9 Å². The summed E-state index contributed by atoms with van der Waals surface area (Å²) in [7, 11) is 0. The number of carbonyl (C=O) groups excluding carboxylic acids is 3. The maximum absolute atomic E-state index is 14.6. The Labute approximate surface area is 250 Å². The van der Waals surface area contributed by atoms with Crippen LogP contribution in [0.15, 0.2) is 79.0 Å². The summed E-state index contributed by atoms with van der Waals surface area (Å²) < 4.78 is 11.5. The second-order valence-corrected chi connectivity index (χ2v) is 10.5. The molecule has 2 unspecified atom stereocenters. The lowest BCUT2D eigenvalue weighted by Crippen LogP contribution is -2.60. The first-order chi connectivity index (χ1) is 20.8. The van der Waals surface area contributed by atoms with Gasteiger partial charge in [-0.25, -0.2) is 4.79 Å². The van der Waals surface area contributed by atoms with Crippen molar-refractivity contribution in [2.75, 3.05) is 35.3 Å². The Morgan fingerprint density at radius 3 is 2.35 bits per heavy atom. The van der Waals surface area contributed by atoms with Crippen molar-refractivity contribution in [1.29, 1.82) is 0 Å². The van der Waals surface area contributed by atoms with Gasteiger partial charge in [-0.1, -0.05) is 42.8 Å². The Morgan fingerprint density at radius 1 is 0.930 bits per heavy atom. The first-order valence-corrected chi connectivity index (χ1v) is 14.4. The van der Waals surface area contributed by atoms with Gasteiger partial charge in [0.15, 0.2) is 11.8 Å². The molecule has 1 aromatic heterocycles. The van der Waals surface area contributed by atoms with Crippen LogP contribution in [0.2, 0.25) is 0 Å². The highest BCUT2D eigenvalue weighted by Crippen LogP contribution is 2.45. The SMILES string of the molecule is CCOC(CN1C(=O)C(NC(=O)Nc2ccc(C)cc2)(C(C)C(=O)Nc2ccc3[nH]ccc3c2)c2ccccc21)OCC. The second-order valence-electron chi connectivity index (χ2n) is 10.5. The number of ether oxygens (including phenoxy) is 2. The molecule has 0 bridgehead atoms. The molecule has 4 N–H and O–H groups in total. The molecule has 43 heavy (non-hydrogen) atoms. The van der Waals surface area contributed by atoms with Gasteiger partial charge in [-0.05, 0) is 63.2 Å². The fourth-order valence-electron chi connectivity index (χ4n) is 5.54. The number of aromatic nitrogens is 1. The Balaban J connectivity index is 1.52. The van der Waals surface area contributed by atoms with Crippen LogP contribution in [0.1, 0.15) is 31.9 Å². The zero-order valence-electron chi connectivity index (χ0n) is 24.8. The number of rotatable bonds is 11. The van der Waals surface area contributed by atoms with E-state index in [0.29, 0.717) is 35.8 Å². The topological polar surface area (TPSA) is 125 Å². The molecule has 0 saturated carbocycles. The number of para-hydroxylation sites is 1. The van der Waals surface area contributed by atoms with Gasteiger partial charge in [0.25, 0.3) is 5.91 Å². The molecular formula is C33H37N5O5. The third kappa shape index (κ3) is 5.97. The van der Waals surface area contributed by atoms with Crippen molar-refractivity contribution in [1.82, 2.24) is 10.3 Å². The van der Waals surface area contributed by atoms with E-state index in [1.165, 1.54) is 4.90 Å². The lowest BCUT2D eigenvalue weighted by Gasteiger charge is -2.35. The van der Waals surface area contributed by atoms with Crippen molar-refractivity contribution in [2.24, 2.45) is 5.92 Å². The molecule has 0 fully saturated rings. The normalized spacial score (nSPS) is 16.8. The molecule has 10 nitrogen and oxygen atoms in total. The van der Waals surface area contributed by atoms with E-state index in [4.69, 9.17) is 9.47 Å². The molecule has 3 aromatic carbocycles. The van der Waals surface area contributed by atoms with E-state index < -0.39 is 35.6 Å². The second kappa shape index (κ2) is 12.7. The molecule has 224 valence electrons. The lowest BCUT2D eigenvalue weighted by molar-refractivity contribution is -0.140. The van der Waals surface area contributed by atoms with Crippen LogP contribution in [0.3, 0.4) is 0 Å². The van der Waals surface area contributed by atoms with Crippen molar-refractivity contribution in [3.8, 4) is 0 Å². The molecule has 4 amide bonds. The fraction of sp³-hybridized carbons (Fsp3) is 0.303. The highest BCUT2D eigenvalue weighted by Gasteiger charge is 2.57. The Hall–Kier alpha value is -4.67. The number of carbonyl (C=O) groups is 3. The Morgan fingerprint density at radius 2 is 1.63 bits per heavy atom. The van der Waals surface area contributed by atoms with Crippen molar-refractivity contribution < 1.29 is 23.9 Å². The van der Waals surface area contributed by atoms with Crippen molar-refractivity contribution >= 4 is 45.8 Å².